The molecule has 0 saturated carbocycles. The van der Waals surface area contributed by atoms with Gasteiger partial charge in [0.1, 0.15) is 11.6 Å². The Bertz CT molecular complexity index is 1520. The summed E-state index contributed by atoms with van der Waals surface area (Å²) >= 11 is 0. The first-order valence-electron chi connectivity index (χ1n) is 12.5. The molecule has 0 spiro atoms. The Hall–Kier alpha value is -4.07. The quantitative estimate of drug-likeness (QED) is 0.376. The Labute approximate surface area is 237 Å². The Balaban J connectivity index is 0.000000782. The molecule has 0 fully saturated rings. The highest BCUT2D eigenvalue weighted by Crippen LogP contribution is 2.29. The molecule has 0 bridgehead atoms. The molecule has 0 aliphatic carbocycles. The highest BCUT2D eigenvalue weighted by atomic mass is 19.4. The Morgan fingerprint density at radius 1 is 1.00 bits per heavy atom. The number of carboxylic acid groups (broad SMARTS) is 1. The number of halogens is 6. The van der Waals surface area contributed by atoms with Crippen molar-refractivity contribution in [1.82, 2.24) is 14.0 Å². The molecule has 0 aliphatic rings. The van der Waals surface area contributed by atoms with Gasteiger partial charge in [-0.1, -0.05) is 32.0 Å². The van der Waals surface area contributed by atoms with Gasteiger partial charge in [0.2, 0.25) is 0 Å². The van der Waals surface area contributed by atoms with Crippen LogP contribution in [0.1, 0.15) is 25.1 Å². The molecule has 230 valence electrons. The van der Waals surface area contributed by atoms with E-state index in [2.05, 4.69) is 0 Å². The second-order valence-corrected chi connectivity index (χ2v) is 9.84. The summed E-state index contributed by atoms with van der Waals surface area (Å²) in [7, 11) is 4.97. The van der Waals surface area contributed by atoms with Gasteiger partial charge < -0.3 is 14.7 Å². The number of likely N-dealkylation sites (N-methyl/N-ethyl adjacent to an activating group) is 1. The lowest BCUT2D eigenvalue weighted by atomic mass is 10.0. The monoisotopic (exact) mass is 603 g/mol. The van der Waals surface area contributed by atoms with Crippen LogP contribution in [0, 0.1) is 30.3 Å². The average Bonchev–Trinajstić information content (AvgIpc) is 2.88. The van der Waals surface area contributed by atoms with Crippen molar-refractivity contribution in [1.29, 1.82) is 0 Å². The van der Waals surface area contributed by atoms with Crippen molar-refractivity contribution in [3.63, 3.8) is 0 Å². The van der Waals surface area contributed by atoms with E-state index in [-0.39, 0.29) is 46.6 Å². The average molecular weight is 604 g/mol. The summed E-state index contributed by atoms with van der Waals surface area (Å²) in [5.74, 6) is -5.16. The number of carboxylic acids is 1. The van der Waals surface area contributed by atoms with Crippen LogP contribution in [0.5, 0.6) is 5.75 Å². The maximum Gasteiger partial charge on any atom is 0.490 e. The van der Waals surface area contributed by atoms with Crippen molar-refractivity contribution in [3.05, 3.63) is 85.9 Å². The van der Waals surface area contributed by atoms with Gasteiger partial charge in [0, 0.05) is 29.4 Å². The van der Waals surface area contributed by atoms with Crippen LogP contribution in [0.25, 0.3) is 11.1 Å². The number of benzene rings is 2. The zero-order valence-electron chi connectivity index (χ0n) is 23.7. The van der Waals surface area contributed by atoms with E-state index < -0.39 is 47.4 Å². The first-order valence-corrected chi connectivity index (χ1v) is 12.5. The topological polar surface area (TPSA) is 93.8 Å². The lowest BCUT2D eigenvalue weighted by molar-refractivity contribution is -0.192. The minimum absolute atomic E-state index is 0.0148. The van der Waals surface area contributed by atoms with E-state index in [0.717, 1.165) is 21.3 Å². The predicted molar refractivity (Wildman–Crippen MR) is 143 cm³/mol. The maximum atomic E-state index is 15.3. The fourth-order valence-electron chi connectivity index (χ4n) is 4.32. The van der Waals surface area contributed by atoms with Crippen molar-refractivity contribution in [2.24, 2.45) is 5.92 Å². The molecule has 14 heteroatoms. The number of hydrogen-bond donors (Lipinski definition) is 1. The summed E-state index contributed by atoms with van der Waals surface area (Å²) < 4.78 is 83.2. The molecule has 1 atom stereocenters. The van der Waals surface area contributed by atoms with Gasteiger partial charge in [0.05, 0.1) is 19.2 Å². The summed E-state index contributed by atoms with van der Waals surface area (Å²) in [5.41, 5.74) is -1.77. The van der Waals surface area contributed by atoms with E-state index in [0.29, 0.717) is 0 Å². The molecule has 0 saturated heterocycles. The molecule has 3 aromatic rings. The van der Waals surface area contributed by atoms with Crippen LogP contribution < -0.4 is 16.0 Å². The lowest BCUT2D eigenvalue weighted by Gasteiger charge is -2.29. The van der Waals surface area contributed by atoms with Crippen LogP contribution in [0.15, 0.2) is 46.0 Å². The highest BCUT2D eigenvalue weighted by Gasteiger charge is 2.38. The largest absolute Gasteiger partial charge is 0.494 e. The number of carbonyl (C=O) groups is 1. The Morgan fingerprint density at radius 2 is 1.52 bits per heavy atom. The highest BCUT2D eigenvalue weighted by molar-refractivity contribution is 5.73. The van der Waals surface area contributed by atoms with Gasteiger partial charge in [0.15, 0.2) is 11.6 Å². The van der Waals surface area contributed by atoms with Crippen LogP contribution in [0.4, 0.5) is 26.3 Å². The van der Waals surface area contributed by atoms with Crippen LogP contribution >= 0.6 is 0 Å². The zero-order valence-corrected chi connectivity index (χ0v) is 23.7. The molecule has 0 amide bonds. The minimum atomic E-state index is -5.08. The normalized spacial score (nSPS) is 12.2. The molecule has 1 N–H and O–H groups in total. The smallest absolute Gasteiger partial charge is 0.490 e. The van der Waals surface area contributed by atoms with Gasteiger partial charge in [0.25, 0.3) is 5.56 Å². The lowest BCUT2D eigenvalue weighted by Crippen LogP contribution is -2.48. The molecule has 1 heterocycles. The molecule has 0 radical (unpaired) electrons. The van der Waals surface area contributed by atoms with Crippen molar-refractivity contribution < 1.29 is 41.0 Å². The molecule has 0 unspecified atom stereocenters. The van der Waals surface area contributed by atoms with Crippen LogP contribution in [-0.2, 0) is 17.9 Å². The van der Waals surface area contributed by atoms with E-state index in [4.69, 9.17) is 14.6 Å². The summed E-state index contributed by atoms with van der Waals surface area (Å²) in [6.45, 7) is 4.93. The van der Waals surface area contributed by atoms with Crippen LogP contribution in [-0.4, -0.2) is 58.5 Å². The number of aromatic nitrogens is 2. The number of nitrogens with zero attached hydrogens (tertiary/aromatic N) is 3. The molecule has 0 aliphatic heterocycles. The van der Waals surface area contributed by atoms with Gasteiger partial charge in [-0.25, -0.2) is 22.8 Å². The van der Waals surface area contributed by atoms with Crippen molar-refractivity contribution >= 4 is 5.97 Å². The maximum absolute atomic E-state index is 15.3. The molecule has 8 nitrogen and oxygen atoms in total. The van der Waals surface area contributed by atoms with Crippen molar-refractivity contribution in [2.75, 3.05) is 21.2 Å². The van der Waals surface area contributed by atoms with Gasteiger partial charge in [-0.05, 0) is 45.1 Å². The molecular weight excluding hydrogens is 572 g/mol. The minimum Gasteiger partial charge on any atom is -0.494 e. The molecule has 42 heavy (non-hydrogen) atoms. The third-order valence-corrected chi connectivity index (χ3v) is 6.56. The number of hydrogen-bond acceptors (Lipinski definition) is 5. The molecule has 3 rings (SSSR count). The number of rotatable bonds is 8. The summed E-state index contributed by atoms with van der Waals surface area (Å²) in [5, 5.41) is 7.12. The number of ether oxygens (including phenoxy) is 1. The Morgan fingerprint density at radius 3 is 1.98 bits per heavy atom. The van der Waals surface area contributed by atoms with Gasteiger partial charge >= 0.3 is 17.8 Å². The third-order valence-electron chi connectivity index (χ3n) is 6.56. The first kappa shape index (κ1) is 34.1. The second kappa shape index (κ2) is 13.7. The summed E-state index contributed by atoms with van der Waals surface area (Å²) in [6, 6.07) is 7.57. The molecular formula is C28H31F6N3O5. The van der Waals surface area contributed by atoms with E-state index in [1.165, 1.54) is 38.3 Å². The van der Waals surface area contributed by atoms with Gasteiger partial charge in [-0.3, -0.25) is 13.9 Å². The number of methoxy groups -OCH3 is 1. The number of aliphatic carboxylic acids is 1. The van der Waals surface area contributed by atoms with E-state index in [9.17, 15) is 31.5 Å². The summed E-state index contributed by atoms with van der Waals surface area (Å²) in [4.78, 5) is 38.0. The van der Waals surface area contributed by atoms with Crippen LogP contribution in [0.2, 0.25) is 0 Å². The Kier molecular flexibility index (Phi) is 11.2. The van der Waals surface area contributed by atoms with E-state index >= 15 is 4.39 Å². The van der Waals surface area contributed by atoms with E-state index in [1.807, 2.05) is 32.8 Å². The fourth-order valence-corrected chi connectivity index (χ4v) is 4.32. The summed E-state index contributed by atoms with van der Waals surface area (Å²) in [6.07, 6.45) is -5.08. The van der Waals surface area contributed by atoms with E-state index in [1.54, 1.807) is 0 Å². The molecule has 2 aromatic carbocycles. The standard InChI is InChI=1S/C26H30F3N3O3.C2HF3O2/c1-15(2)21(30(4)5)14-32-25(33)23(17-9-7-12-22(35-6)24(17)29)16(3)31(26(32)34)13-18-19(27)10-8-11-20(18)28;3-2(4,5)1(6)7/h7-12,15,21H,13-14H2,1-6H3;(H,6,7)/t21-;/m0./s1. The number of alkyl halides is 3. The fraction of sp³-hybridized carbons (Fsp3) is 0.393. The van der Waals surface area contributed by atoms with Gasteiger partial charge in [-0.2, -0.15) is 13.2 Å². The van der Waals surface area contributed by atoms with Crippen LogP contribution in [0.3, 0.4) is 0 Å². The predicted octanol–water partition coefficient (Wildman–Crippen LogP) is 4.68. The second-order valence-electron chi connectivity index (χ2n) is 9.84. The van der Waals surface area contributed by atoms with Crippen molar-refractivity contribution in [2.45, 2.75) is 46.1 Å². The van der Waals surface area contributed by atoms with Crippen molar-refractivity contribution in [3.8, 4) is 16.9 Å². The SMILES string of the molecule is COc1cccc(-c2c(C)n(Cc3c(F)cccc3F)c(=O)n(C[C@@H](C(C)C)N(C)C)c2=O)c1F.O=C(O)C(F)(F)F. The zero-order chi connectivity index (χ0) is 32.1. The third kappa shape index (κ3) is 7.60. The molecule has 1 aromatic heterocycles. The van der Waals surface area contributed by atoms with Gasteiger partial charge in [-0.15, -0.1) is 0 Å². The first-order chi connectivity index (χ1) is 19.4.